The highest BCUT2D eigenvalue weighted by Gasteiger charge is 2.06. The first-order valence-electron chi connectivity index (χ1n) is 4.32. The van der Waals surface area contributed by atoms with Crippen molar-refractivity contribution in [2.75, 3.05) is 6.26 Å². The minimum atomic E-state index is -3.30. The molecule has 0 aliphatic carbocycles. The molecule has 0 bridgehead atoms. The number of aromatic nitrogens is 4. The van der Waals surface area contributed by atoms with Gasteiger partial charge in [-0.1, -0.05) is 0 Å². The monoisotopic (exact) mass is 243 g/mol. The van der Waals surface area contributed by atoms with Crippen molar-refractivity contribution in [3.63, 3.8) is 0 Å². The van der Waals surface area contributed by atoms with Crippen LogP contribution < -0.4 is 10.3 Å². The van der Waals surface area contributed by atoms with E-state index in [1.807, 2.05) is 0 Å². The van der Waals surface area contributed by atoms with E-state index in [2.05, 4.69) is 19.8 Å². The van der Waals surface area contributed by atoms with Gasteiger partial charge < -0.3 is 0 Å². The fraction of sp³-hybridized carbons (Fsp3) is 0.286. The summed E-state index contributed by atoms with van der Waals surface area (Å²) in [5.41, 5.74) is -0.0182. The van der Waals surface area contributed by atoms with Gasteiger partial charge in [-0.15, -0.1) is 0 Å². The Labute approximate surface area is 90.4 Å². The number of H-pyrrole nitrogens is 1. The van der Waals surface area contributed by atoms with Gasteiger partial charge in [0.1, 0.15) is 6.33 Å². The molecule has 16 heavy (non-hydrogen) atoms. The molecule has 0 amide bonds. The summed E-state index contributed by atoms with van der Waals surface area (Å²) < 4.78 is 25.1. The fourth-order valence-electron chi connectivity index (χ4n) is 1.16. The summed E-state index contributed by atoms with van der Waals surface area (Å²) in [5.74, 6) is 0.206. The van der Waals surface area contributed by atoms with E-state index < -0.39 is 10.0 Å². The lowest BCUT2D eigenvalue weighted by atomic mass is 10.4. The third-order valence-corrected chi connectivity index (χ3v) is 2.51. The van der Waals surface area contributed by atoms with Crippen molar-refractivity contribution in [3.05, 3.63) is 28.4 Å². The first kappa shape index (κ1) is 10.8. The molecule has 0 saturated heterocycles. The zero-order chi connectivity index (χ0) is 11.8. The minimum absolute atomic E-state index is 0.0303. The Morgan fingerprint density at radius 1 is 1.56 bits per heavy atom. The van der Waals surface area contributed by atoms with Crippen LogP contribution in [0.4, 0.5) is 0 Å². The largest absolute Gasteiger partial charge is 0.278 e. The van der Waals surface area contributed by atoms with Crippen LogP contribution in [0.25, 0.3) is 5.78 Å². The average molecular weight is 243 g/mol. The molecule has 2 aromatic heterocycles. The van der Waals surface area contributed by atoms with E-state index in [1.165, 1.54) is 12.4 Å². The van der Waals surface area contributed by atoms with Gasteiger partial charge in [0.25, 0.3) is 11.3 Å². The second kappa shape index (κ2) is 3.68. The molecule has 0 atom stereocenters. The van der Waals surface area contributed by atoms with Crippen LogP contribution in [0, 0.1) is 0 Å². The minimum Gasteiger partial charge on any atom is -0.278 e. The van der Waals surface area contributed by atoms with Gasteiger partial charge in [0, 0.05) is 6.07 Å². The van der Waals surface area contributed by atoms with E-state index in [-0.39, 0.29) is 17.9 Å². The van der Waals surface area contributed by atoms with E-state index in [4.69, 9.17) is 0 Å². The van der Waals surface area contributed by atoms with Gasteiger partial charge >= 0.3 is 0 Å². The van der Waals surface area contributed by atoms with Crippen molar-refractivity contribution in [1.29, 1.82) is 0 Å². The summed E-state index contributed by atoms with van der Waals surface area (Å²) >= 11 is 0. The molecule has 0 unspecified atom stereocenters. The summed E-state index contributed by atoms with van der Waals surface area (Å²) in [4.78, 5) is 19.3. The smallest absolute Gasteiger partial charge is 0.274 e. The molecular weight excluding hydrogens is 234 g/mol. The van der Waals surface area contributed by atoms with Crippen molar-refractivity contribution < 1.29 is 8.42 Å². The first-order chi connectivity index (χ1) is 7.46. The van der Waals surface area contributed by atoms with Gasteiger partial charge in [-0.3, -0.25) is 9.89 Å². The highest BCUT2D eigenvalue weighted by atomic mass is 32.2. The van der Waals surface area contributed by atoms with Crippen molar-refractivity contribution in [2.24, 2.45) is 0 Å². The molecule has 2 heterocycles. The molecule has 9 heteroatoms. The molecule has 0 aliphatic heterocycles. The highest BCUT2D eigenvalue weighted by Crippen LogP contribution is 1.94. The Hall–Kier alpha value is -1.74. The number of sulfonamides is 1. The summed E-state index contributed by atoms with van der Waals surface area (Å²) in [5, 5.41) is 2.58. The Balaban J connectivity index is 2.35. The van der Waals surface area contributed by atoms with Gasteiger partial charge in [0.15, 0.2) is 0 Å². The number of rotatable bonds is 3. The van der Waals surface area contributed by atoms with Gasteiger partial charge in [0.2, 0.25) is 10.0 Å². The van der Waals surface area contributed by atoms with E-state index in [9.17, 15) is 13.2 Å². The van der Waals surface area contributed by atoms with Gasteiger partial charge in [-0.05, 0) is 0 Å². The van der Waals surface area contributed by atoms with Crippen molar-refractivity contribution in [2.45, 2.75) is 6.54 Å². The topological polar surface area (TPSA) is 109 Å². The molecule has 86 valence electrons. The SMILES string of the molecule is CS(=O)(=O)NCc1cc(=O)n2[nH]cnc2n1. The summed E-state index contributed by atoms with van der Waals surface area (Å²) in [6.07, 6.45) is 2.37. The molecule has 2 N–H and O–H groups in total. The predicted octanol–water partition coefficient (Wildman–Crippen LogP) is -1.53. The zero-order valence-corrected chi connectivity index (χ0v) is 9.15. The van der Waals surface area contributed by atoms with Crippen LogP contribution in [0.3, 0.4) is 0 Å². The Morgan fingerprint density at radius 3 is 3.00 bits per heavy atom. The summed E-state index contributed by atoms with van der Waals surface area (Å²) in [7, 11) is -3.30. The van der Waals surface area contributed by atoms with E-state index in [1.54, 1.807) is 0 Å². The van der Waals surface area contributed by atoms with Crippen LogP contribution in [-0.4, -0.2) is 34.3 Å². The third-order valence-electron chi connectivity index (χ3n) is 1.84. The van der Waals surface area contributed by atoms with Crippen molar-refractivity contribution in [1.82, 2.24) is 24.3 Å². The standard InChI is InChI=1S/C7H9N5O3S/c1-16(14,15)10-3-5-2-6(13)12-7(11-5)8-4-9-12/h2,4,10H,3H2,1H3,(H,8,9,11). The number of fused-ring (bicyclic) bond motifs is 1. The molecule has 2 aromatic rings. The molecule has 0 aromatic carbocycles. The second-order valence-electron chi connectivity index (χ2n) is 3.20. The van der Waals surface area contributed by atoms with Crippen LogP contribution in [0.1, 0.15) is 5.69 Å². The van der Waals surface area contributed by atoms with Crippen molar-refractivity contribution in [3.8, 4) is 0 Å². The fourth-order valence-corrected chi connectivity index (χ4v) is 1.57. The lowest BCUT2D eigenvalue weighted by Gasteiger charge is -2.01. The maximum absolute atomic E-state index is 11.5. The Morgan fingerprint density at radius 2 is 2.31 bits per heavy atom. The average Bonchev–Trinajstić information content (AvgIpc) is 2.62. The number of aromatic amines is 1. The van der Waals surface area contributed by atoms with Crippen LogP contribution in [0.2, 0.25) is 0 Å². The lowest BCUT2D eigenvalue weighted by Crippen LogP contribution is -2.24. The predicted molar refractivity (Wildman–Crippen MR) is 55.3 cm³/mol. The summed E-state index contributed by atoms with van der Waals surface area (Å²) in [6, 6.07) is 1.24. The normalized spacial score (nSPS) is 12.1. The van der Waals surface area contributed by atoms with E-state index in [0.29, 0.717) is 5.69 Å². The van der Waals surface area contributed by atoms with Gasteiger partial charge in [0.05, 0.1) is 18.5 Å². The lowest BCUT2D eigenvalue weighted by molar-refractivity contribution is 0.586. The van der Waals surface area contributed by atoms with Crippen LogP contribution in [-0.2, 0) is 16.6 Å². The van der Waals surface area contributed by atoms with Crippen LogP contribution in [0.5, 0.6) is 0 Å². The molecule has 0 aliphatic rings. The first-order valence-corrected chi connectivity index (χ1v) is 6.21. The number of hydrogen-bond acceptors (Lipinski definition) is 5. The molecular formula is C7H9N5O3S. The van der Waals surface area contributed by atoms with Gasteiger partial charge in [-0.2, -0.15) is 4.52 Å². The van der Waals surface area contributed by atoms with E-state index in [0.717, 1.165) is 10.8 Å². The molecule has 0 saturated carbocycles. The van der Waals surface area contributed by atoms with Crippen LogP contribution >= 0.6 is 0 Å². The molecule has 0 fully saturated rings. The van der Waals surface area contributed by atoms with Crippen LogP contribution in [0.15, 0.2) is 17.2 Å². The maximum atomic E-state index is 11.5. The van der Waals surface area contributed by atoms with Crippen molar-refractivity contribution >= 4 is 15.8 Å². The zero-order valence-electron chi connectivity index (χ0n) is 8.34. The molecule has 0 radical (unpaired) electrons. The second-order valence-corrected chi connectivity index (χ2v) is 5.03. The molecule has 8 nitrogen and oxygen atoms in total. The van der Waals surface area contributed by atoms with E-state index >= 15 is 0 Å². The molecule has 2 rings (SSSR count). The molecule has 0 spiro atoms. The summed E-state index contributed by atoms with van der Waals surface area (Å²) in [6.45, 7) is -0.0303. The third kappa shape index (κ3) is 2.25. The quantitative estimate of drug-likeness (QED) is 0.679. The number of nitrogens with zero attached hydrogens (tertiary/aromatic N) is 3. The highest BCUT2D eigenvalue weighted by molar-refractivity contribution is 7.88. The maximum Gasteiger partial charge on any atom is 0.274 e. The Kier molecular flexibility index (Phi) is 2.48. The Bertz CT molecular complexity index is 671. The number of hydrogen-bond donors (Lipinski definition) is 2. The van der Waals surface area contributed by atoms with Gasteiger partial charge in [-0.25, -0.2) is 23.1 Å². The number of nitrogens with one attached hydrogen (secondary N) is 2.